The van der Waals surface area contributed by atoms with Crippen molar-refractivity contribution in [3.8, 4) is 5.75 Å². The lowest BCUT2D eigenvalue weighted by Crippen LogP contribution is -2.01. The van der Waals surface area contributed by atoms with Crippen LogP contribution in [0.3, 0.4) is 0 Å². The van der Waals surface area contributed by atoms with Gasteiger partial charge in [-0.2, -0.15) is 0 Å². The number of ether oxygens (including phenoxy) is 2. The maximum atomic E-state index is 5.40. The van der Waals surface area contributed by atoms with Crippen LogP contribution in [0.25, 0.3) is 0 Å². The molecular formula is C11H13NO2. The van der Waals surface area contributed by atoms with E-state index in [1.165, 1.54) is 0 Å². The van der Waals surface area contributed by atoms with Gasteiger partial charge in [0, 0.05) is 5.56 Å². The smallest absolute Gasteiger partial charge is 0.216 e. The molecule has 1 aromatic rings. The van der Waals surface area contributed by atoms with Gasteiger partial charge >= 0.3 is 0 Å². The summed E-state index contributed by atoms with van der Waals surface area (Å²) in [6.07, 6.45) is 0. The Morgan fingerprint density at radius 2 is 2.43 bits per heavy atom. The molecule has 0 saturated carbocycles. The number of hydrogen-bond donors (Lipinski definition) is 0. The fourth-order valence-corrected chi connectivity index (χ4v) is 1.40. The van der Waals surface area contributed by atoms with Crippen LogP contribution < -0.4 is 4.74 Å². The van der Waals surface area contributed by atoms with Gasteiger partial charge in [-0.25, -0.2) is 4.99 Å². The van der Waals surface area contributed by atoms with E-state index in [1.54, 1.807) is 0 Å². The van der Waals surface area contributed by atoms with Crippen molar-refractivity contribution in [1.29, 1.82) is 0 Å². The molecule has 0 unspecified atom stereocenters. The van der Waals surface area contributed by atoms with E-state index in [1.807, 2.05) is 31.2 Å². The first-order valence-corrected chi connectivity index (χ1v) is 4.80. The fourth-order valence-electron chi connectivity index (χ4n) is 1.40. The predicted octanol–water partition coefficient (Wildman–Crippen LogP) is 1.86. The van der Waals surface area contributed by atoms with E-state index in [9.17, 15) is 0 Å². The molecule has 0 aromatic heterocycles. The summed E-state index contributed by atoms with van der Waals surface area (Å²) in [6, 6.07) is 7.81. The highest BCUT2D eigenvalue weighted by Gasteiger charge is 2.10. The molecule has 0 atom stereocenters. The molecule has 74 valence electrons. The van der Waals surface area contributed by atoms with Crippen molar-refractivity contribution in [2.45, 2.75) is 6.92 Å². The zero-order chi connectivity index (χ0) is 9.80. The van der Waals surface area contributed by atoms with Crippen molar-refractivity contribution in [2.24, 2.45) is 4.99 Å². The first kappa shape index (κ1) is 9.06. The topological polar surface area (TPSA) is 30.8 Å². The Hall–Kier alpha value is -1.51. The molecule has 0 amide bonds. The second kappa shape index (κ2) is 4.13. The maximum Gasteiger partial charge on any atom is 0.216 e. The average Bonchev–Trinajstić information content (AvgIpc) is 2.71. The molecule has 14 heavy (non-hydrogen) atoms. The van der Waals surface area contributed by atoms with Crippen LogP contribution >= 0.6 is 0 Å². The highest BCUT2D eigenvalue weighted by molar-refractivity contribution is 5.95. The number of benzene rings is 1. The number of nitrogens with zero attached hydrogens (tertiary/aromatic N) is 1. The second-order valence-electron chi connectivity index (χ2n) is 3.00. The van der Waals surface area contributed by atoms with Gasteiger partial charge in [0.1, 0.15) is 12.4 Å². The summed E-state index contributed by atoms with van der Waals surface area (Å²) < 4.78 is 10.8. The minimum atomic E-state index is 0.677. The molecule has 0 spiro atoms. The van der Waals surface area contributed by atoms with Gasteiger partial charge in [0.2, 0.25) is 5.90 Å². The van der Waals surface area contributed by atoms with E-state index in [2.05, 4.69) is 4.99 Å². The van der Waals surface area contributed by atoms with Crippen LogP contribution in [0.5, 0.6) is 5.75 Å². The number of hydrogen-bond acceptors (Lipinski definition) is 3. The Morgan fingerprint density at radius 1 is 1.50 bits per heavy atom. The largest absolute Gasteiger partial charge is 0.494 e. The van der Waals surface area contributed by atoms with Crippen molar-refractivity contribution in [3.63, 3.8) is 0 Å². The zero-order valence-electron chi connectivity index (χ0n) is 8.19. The molecule has 0 radical (unpaired) electrons. The first-order valence-electron chi connectivity index (χ1n) is 4.80. The number of rotatable bonds is 3. The SMILES string of the molecule is CCOc1cccc(C2=NCCO2)c1. The molecule has 0 saturated heterocycles. The zero-order valence-corrected chi connectivity index (χ0v) is 8.19. The highest BCUT2D eigenvalue weighted by atomic mass is 16.5. The van der Waals surface area contributed by atoms with Crippen LogP contribution in [-0.4, -0.2) is 25.7 Å². The van der Waals surface area contributed by atoms with Crippen molar-refractivity contribution < 1.29 is 9.47 Å². The molecule has 2 rings (SSSR count). The van der Waals surface area contributed by atoms with E-state index in [-0.39, 0.29) is 0 Å². The lowest BCUT2D eigenvalue weighted by molar-refractivity contribution is 0.338. The Labute approximate surface area is 83.4 Å². The van der Waals surface area contributed by atoms with Gasteiger partial charge in [-0.3, -0.25) is 0 Å². The van der Waals surface area contributed by atoms with E-state index in [4.69, 9.17) is 9.47 Å². The summed E-state index contributed by atoms with van der Waals surface area (Å²) in [7, 11) is 0. The van der Waals surface area contributed by atoms with Gasteiger partial charge in [0.25, 0.3) is 0 Å². The van der Waals surface area contributed by atoms with Gasteiger partial charge in [-0.05, 0) is 25.1 Å². The molecule has 0 bridgehead atoms. The quantitative estimate of drug-likeness (QED) is 0.730. The molecule has 1 aromatic carbocycles. The third kappa shape index (κ3) is 1.87. The monoisotopic (exact) mass is 191 g/mol. The third-order valence-electron chi connectivity index (χ3n) is 1.98. The molecule has 3 nitrogen and oxygen atoms in total. The van der Waals surface area contributed by atoms with E-state index < -0.39 is 0 Å². The summed E-state index contributed by atoms with van der Waals surface area (Å²) in [5.74, 6) is 1.59. The Morgan fingerprint density at radius 3 is 3.14 bits per heavy atom. The van der Waals surface area contributed by atoms with E-state index in [0.717, 1.165) is 23.8 Å². The lowest BCUT2D eigenvalue weighted by atomic mass is 10.2. The van der Waals surface area contributed by atoms with Gasteiger partial charge in [-0.15, -0.1) is 0 Å². The molecule has 0 N–H and O–H groups in total. The number of aliphatic imine (C=N–C) groups is 1. The fraction of sp³-hybridized carbons (Fsp3) is 0.364. The molecule has 0 fully saturated rings. The highest BCUT2D eigenvalue weighted by Crippen LogP contribution is 2.15. The summed E-state index contributed by atoms with van der Waals surface area (Å²) in [5, 5.41) is 0. The molecular weight excluding hydrogens is 178 g/mol. The minimum Gasteiger partial charge on any atom is -0.494 e. The summed E-state index contributed by atoms with van der Waals surface area (Å²) in [5.41, 5.74) is 0.994. The molecule has 3 heteroatoms. The van der Waals surface area contributed by atoms with E-state index >= 15 is 0 Å². The van der Waals surface area contributed by atoms with Crippen LogP contribution in [0, 0.1) is 0 Å². The molecule has 1 aliphatic rings. The van der Waals surface area contributed by atoms with Crippen LogP contribution in [-0.2, 0) is 4.74 Å². The van der Waals surface area contributed by atoms with Crippen LogP contribution in [0.2, 0.25) is 0 Å². The predicted molar refractivity (Wildman–Crippen MR) is 55.0 cm³/mol. The van der Waals surface area contributed by atoms with Gasteiger partial charge in [-0.1, -0.05) is 6.07 Å². The maximum absolute atomic E-state index is 5.40. The third-order valence-corrected chi connectivity index (χ3v) is 1.98. The van der Waals surface area contributed by atoms with Crippen molar-refractivity contribution in [1.82, 2.24) is 0 Å². The van der Waals surface area contributed by atoms with Crippen molar-refractivity contribution >= 4 is 5.90 Å². The Bertz CT molecular complexity index is 347. The summed E-state index contributed by atoms with van der Waals surface area (Å²) in [6.45, 7) is 4.09. The second-order valence-corrected chi connectivity index (χ2v) is 3.00. The lowest BCUT2D eigenvalue weighted by Gasteiger charge is -2.05. The van der Waals surface area contributed by atoms with Gasteiger partial charge < -0.3 is 9.47 Å². The standard InChI is InChI=1S/C11H13NO2/c1-2-13-10-5-3-4-9(8-10)11-12-6-7-14-11/h3-5,8H,2,6-7H2,1H3. The average molecular weight is 191 g/mol. The molecule has 1 heterocycles. The van der Waals surface area contributed by atoms with Gasteiger partial charge in [0.15, 0.2) is 0 Å². The molecule has 0 aliphatic carbocycles. The van der Waals surface area contributed by atoms with Crippen molar-refractivity contribution in [3.05, 3.63) is 29.8 Å². The minimum absolute atomic E-state index is 0.677. The Balaban J connectivity index is 2.21. The van der Waals surface area contributed by atoms with Gasteiger partial charge in [0.05, 0.1) is 13.2 Å². The van der Waals surface area contributed by atoms with E-state index in [0.29, 0.717) is 13.2 Å². The van der Waals surface area contributed by atoms with Crippen LogP contribution in [0.15, 0.2) is 29.3 Å². The van der Waals surface area contributed by atoms with Crippen LogP contribution in [0.1, 0.15) is 12.5 Å². The van der Waals surface area contributed by atoms with Crippen molar-refractivity contribution in [2.75, 3.05) is 19.8 Å². The van der Waals surface area contributed by atoms with Crippen LogP contribution in [0.4, 0.5) is 0 Å². The normalized spacial score (nSPS) is 14.8. The summed E-state index contributed by atoms with van der Waals surface area (Å²) in [4.78, 5) is 4.25. The first-order chi connectivity index (χ1) is 6.90. The Kier molecular flexibility index (Phi) is 2.68. The molecule has 1 aliphatic heterocycles. The summed E-state index contributed by atoms with van der Waals surface area (Å²) >= 11 is 0.